The Morgan fingerprint density at radius 1 is 0.765 bits per heavy atom. The summed E-state index contributed by atoms with van der Waals surface area (Å²) in [7, 11) is -3.90. The zero-order valence-electron chi connectivity index (χ0n) is 17.3. The van der Waals surface area contributed by atoms with Crippen molar-refractivity contribution >= 4 is 44.8 Å². The standard InChI is InChI=1S/C25H16ClF2NO3S2/c26-22-15-24(28)23(27)14-21(22)25(30)29-16-11-18(33-17-7-3-1-4-8-17)13-20(12-16)34(31,32)19-9-5-2-6-10-19/h1-15H,(H,29,30). The predicted molar refractivity (Wildman–Crippen MR) is 128 cm³/mol. The van der Waals surface area contributed by atoms with E-state index in [1.807, 2.05) is 30.3 Å². The van der Waals surface area contributed by atoms with Gasteiger partial charge in [0.1, 0.15) is 0 Å². The van der Waals surface area contributed by atoms with Crippen molar-refractivity contribution in [3.63, 3.8) is 0 Å². The minimum atomic E-state index is -3.90. The van der Waals surface area contributed by atoms with Gasteiger partial charge in [-0.3, -0.25) is 4.79 Å². The van der Waals surface area contributed by atoms with Gasteiger partial charge in [-0.25, -0.2) is 17.2 Å². The van der Waals surface area contributed by atoms with Crippen LogP contribution in [0.3, 0.4) is 0 Å². The molecule has 4 aromatic carbocycles. The van der Waals surface area contributed by atoms with Gasteiger partial charge in [-0.05, 0) is 54.6 Å². The fourth-order valence-electron chi connectivity index (χ4n) is 3.11. The van der Waals surface area contributed by atoms with Crippen molar-refractivity contribution in [2.24, 2.45) is 0 Å². The van der Waals surface area contributed by atoms with Crippen molar-refractivity contribution in [3.05, 3.63) is 113 Å². The molecule has 0 bridgehead atoms. The summed E-state index contributed by atoms with van der Waals surface area (Å²) in [6.45, 7) is 0. The molecule has 0 aliphatic heterocycles. The highest BCUT2D eigenvalue weighted by Crippen LogP contribution is 2.34. The Bertz CT molecular complexity index is 1460. The van der Waals surface area contributed by atoms with Gasteiger partial charge in [0.2, 0.25) is 9.84 Å². The number of hydrogen-bond donors (Lipinski definition) is 1. The molecule has 1 N–H and O–H groups in total. The first-order valence-corrected chi connectivity index (χ1v) is 12.6. The number of benzene rings is 4. The van der Waals surface area contributed by atoms with E-state index in [-0.39, 0.29) is 26.1 Å². The molecule has 9 heteroatoms. The number of nitrogens with one attached hydrogen (secondary N) is 1. The lowest BCUT2D eigenvalue weighted by molar-refractivity contribution is 0.102. The van der Waals surface area contributed by atoms with Crippen molar-refractivity contribution in [1.29, 1.82) is 0 Å². The Morgan fingerprint density at radius 2 is 1.38 bits per heavy atom. The number of amides is 1. The molecular formula is C25H16ClF2NO3S2. The van der Waals surface area contributed by atoms with E-state index < -0.39 is 27.4 Å². The second-order valence-electron chi connectivity index (χ2n) is 7.12. The molecule has 34 heavy (non-hydrogen) atoms. The Kier molecular flexibility index (Phi) is 7.02. The lowest BCUT2D eigenvalue weighted by Crippen LogP contribution is -2.14. The Balaban J connectivity index is 1.76. The van der Waals surface area contributed by atoms with Gasteiger partial charge < -0.3 is 5.32 Å². The summed E-state index contributed by atoms with van der Waals surface area (Å²) in [6, 6.07) is 23.0. The first-order valence-electron chi connectivity index (χ1n) is 9.88. The molecule has 1 amide bonds. The molecule has 4 nitrogen and oxygen atoms in total. The lowest BCUT2D eigenvalue weighted by atomic mass is 10.2. The van der Waals surface area contributed by atoms with Gasteiger partial charge >= 0.3 is 0 Å². The fraction of sp³-hybridized carbons (Fsp3) is 0. The van der Waals surface area contributed by atoms with E-state index in [2.05, 4.69) is 5.32 Å². The normalized spacial score (nSPS) is 11.3. The summed E-state index contributed by atoms with van der Waals surface area (Å²) in [5.41, 5.74) is -0.129. The van der Waals surface area contributed by atoms with Crippen LogP contribution < -0.4 is 5.32 Å². The zero-order chi connectivity index (χ0) is 24.3. The maximum atomic E-state index is 13.7. The third-order valence-electron chi connectivity index (χ3n) is 4.74. The number of sulfone groups is 1. The first-order chi connectivity index (χ1) is 16.2. The molecule has 0 heterocycles. The molecule has 172 valence electrons. The molecule has 0 aliphatic rings. The van der Waals surface area contributed by atoms with Gasteiger partial charge in [-0.15, -0.1) is 0 Å². The molecule has 0 radical (unpaired) electrons. The van der Waals surface area contributed by atoms with Crippen molar-refractivity contribution < 1.29 is 22.0 Å². The number of carbonyl (C=O) groups is 1. The molecule has 0 aliphatic carbocycles. The number of rotatable bonds is 6. The zero-order valence-corrected chi connectivity index (χ0v) is 19.7. The lowest BCUT2D eigenvalue weighted by Gasteiger charge is -2.13. The molecule has 4 rings (SSSR count). The molecule has 4 aromatic rings. The van der Waals surface area contributed by atoms with Gasteiger partial charge in [-0.2, -0.15) is 0 Å². The number of hydrogen-bond acceptors (Lipinski definition) is 4. The molecule has 0 atom stereocenters. The van der Waals surface area contributed by atoms with E-state index >= 15 is 0 Å². The Morgan fingerprint density at radius 3 is 2.06 bits per heavy atom. The van der Waals surface area contributed by atoms with Crippen LogP contribution in [0, 0.1) is 11.6 Å². The van der Waals surface area contributed by atoms with Crippen molar-refractivity contribution in [1.82, 2.24) is 0 Å². The maximum Gasteiger partial charge on any atom is 0.257 e. The van der Waals surface area contributed by atoms with Crippen molar-refractivity contribution in [3.8, 4) is 0 Å². The van der Waals surface area contributed by atoms with Crippen molar-refractivity contribution in [2.45, 2.75) is 19.6 Å². The quantitative estimate of drug-likeness (QED) is 0.285. The second kappa shape index (κ2) is 9.97. The van der Waals surface area contributed by atoms with Crippen LogP contribution in [0.25, 0.3) is 0 Å². The van der Waals surface area contributed by atoms with E-state index in [0.29, 0.717) is 17.0 Å². The predicted octanol–water partition coefficient (Wildman–Crippen LogP) is 6.85. The Hall–Kier alpha value is -3.20. The van der Waals surface area contributed by atoms with Gasteiger partial charge in [0.25, 0.3) is 5.91 Å². The van der Waals surface area contributed by atoms with E-state index in [4.69, 9.17) is 11.6 Å². The van der Waals surface area contributed by atoms with Gasteiger partial charge in [0.15, 0.2) is 11.6 Å². The van der Waals surface area contributed by atoms with Crippen LogP contribution in [0.2, 0.25) is 5.02 Å². The van der Waals surface area contributed by atoms with Crippen LogP contribution in [0.4, 0.5) is 14.5 Å². The smallest absolute Gasteiger partial charge is 0.257 e. The van der Waals surface area contributed by atoms with E-state index in [1.54, 1.807) is 24.3 Å². The Labute approximate surface area is 204 Å². The summed E-state index contributed by atoms with van der Waals surface area (Å²) in [4.78, 5) is 14.2. The summed E-state index contributed by atoms with van der Waals surface area (Å²) >= 11 is 7.22. The molecular weight excluding hydrogens is 500 g/mol. The highest BCUT2D eigenvalue weighted by molar-refractivity contribution is 7.99. The second-order valence-corrected chi connectivity index (χ2v) is 10.6. The summed E-state index contributed by atoms with van der Waals surface area (Å²) in [6.07, 6.45) is 0. The van der Waals surface area contributed by atoms with E-state index in [1.165, 1.54) is 36.0 Å². The SMILES string of the molecule is O=C(Nc1cc(Sc2ccccc2)cc(S(=O)(=O)c2ccccc2)c1)c1cc(F)c(F)cc1Cl. The maximum absolute atomic E-state index is 13.7. The minimum absolute atomic E-state index is 0.0358. The fourth-order valence-corrected chi connectivity index (χ4v) is 5.71. The monoisotopic (exact) mass is 515 g/mol. The largest absolute Gasteiger partial charge is 0.322 e. The highest BCUT2D eigenvalue weighted by atomic mass is 35.5. The minimum Gasteiger partial charge on any atom is -0.322 e. The van der Waals surface area contributed by atoms with E-state index in [0.717, 1.165) is 4.90 Å². The molecule has 0 saturated heterocycles. The molecule has 0 spiro atoms. The third-order valence-corrected chi connectivity index (χ3v) is 7.78. The van der Waals surface area contributed by atoms with Gasteiger partial charge in [-0.1, -0.05) is 59.8 Å². The number of anilines is 1. The van der Waals surface area contributed by atoms with Crippen LogP contribution in [0.1, 0.15) is 10.4 Å². The molecule has 0 unspecified atom stereocenters. The van der Waals surface area contributed by atoms with Crippen LogP contribution in [-0.2, 0) is 9.84 Å². The van der Waals surface area contributed by atoms with Crippen LogP contribution in [0.5, 0.6) is 0 Å². The third kappa shape index (κ3) is 5.30. The molecule has 0 saturated carbocycles. The van der Waals surface area contributed by atoms with Crippen molar-refractivity contribution in [2.75, 3.05) is 5.32 Å². The summed E-state index contributed by atoms with van der Waals surface area (Å²) in [5, 5.41) is 2.27. The average Bonchev–Trinajstić information content (AvgIpc) is 2.82. The average molecular weight is 516 g/mol. The summed E-state index contributed by atoms with van der Waals surface area (Å²) < 4.78 is 53.6. The molecule has 0 aromatic heterocycles. The summed E-state index contributed by atoms with van der Waals surface area (Å²) in [5.74, 6) is -3.22. The molecule has 0 fully saturated rings. The van der Waals surface area contributed by atoms with Crippen LogP contribution in [-0.4, -0.2) is 14.3 Å². The van der Waals surface area contributed by atoms with Crippen LogP contribution >= 0.6 is 23.4 Å². The van der Waals surface area contributed by atoms with Gasteiger partial charge in [0, 0.05) is 15.5 Å². The highest BCUT2D eigenvalue weighted by Gasteiger charge is 2.21. The van der Waals surface area contributed by atoms with Gasteiger partial charge in [0.05, 0.1) is 20.4 Å². The number of carbonyl (C=O) groups excluding carboxylic acids is 1. The first kappa shape index (κ1) is 23.9. The van der Waals surface area contributed by atoms with Crippen LogP contribution in [0.15, 0.2) is 111 Å². The topological polar surface area (TPSA) is 63.2 Å². The number of halogens is 3. The van der Waals surface area contributed by atoms with E-state index in [9.17, 15) is 22.0 Å².